The van der Waals surface area contributed by atoms with Crippen LogP contribution in [0.5, 0.6) is 0 Å². The van der Waals surface area contributed by atoms with E-state index in [1.165, 1.54) is 0 Å². The van der Waals surface area contributed by atoms with Crippen molar-refractivity contribution in [3.05, 3.63) is 35.9 Å². The van der Waals surface area contributed by atoms with E-state index in [0.717, 1.165) is 12.0 Å². The highest BCUT2D eigenvalue weighted by molar-refractivity contribution is 5.82. The molecule has 94 valence electrons. The summed E-state index contributed by atoms with van der Waals surface area (Å²) >= 11 is 0. The molecule has 1 aromatic rings. The highest BCUT2D eigenvalue weighted by Crippen LogP contribution is 2.09. The van der Waals surface area contributed by atoms with Gasteiger partial charge in [0.15, 0.2) is 0 Å². The van der Waals surface area contributed by atoms with Gasteiger partial charge in [0.05, 0.1) is 6.10 Å². The first-order chi connectivity index (χ1) is 8.15. The molecule has 0 radical (unpaired) electrons. The molecule has 1 unspecified atom stereocenters. The van der Waals surface area contributed by atoms with E-state index in [2.05, 4.69) is 5.32 Å². The van der Waals surface area contributed by atoms with Crippen LogP contribution in [0, 0.1) is 0 Å². The van der Waals surface area contributed by atoms with E-state index < -0.39 is 12.1 Å². The largest absolute Gasteiger partial charge is 0.391 e. The molecule has 0 saturated heterocycles. The molecular weight excluding hydrogens is 216 g/mol. The van der Waals surface area contributed by atoms with Crippen LogP contribution in [0.1, 0.15) is 31.4 Å². The maximum absolute atomic E-state index is 11.7. The summed E-state index contributed by atoms with van der Waals surface area (Å²) < 4.78 is 0. The fourth-order valence-electron chi connectivity index (χ4n) is 1.58. The van der Waals surface area contributed by atoms with E-state index >= 15 is 0 Å². The summed E-state index contributed by atoms with van der Waals surface area (Å²) in [7, 11) is 0. The number of carbonyl (C=O) groups is 1. The summed E-state index contributed by atoms with van der Waals surface area (Å²) in [5.74, 6) is -0.258. The minimum Gasteiger partial charge on any atom is -0.391 e. The van der Waals surface area contributed by atoms with Crippen LogP contribution >= 0.6 is 0 Å². The first-order valence-electron chi connectivity index (χ1n) is 5.91. The predicted octanol–water partition coefficient (Wildman–Crippen LogP) is 0.964. The minimum absolute atomic E-state index is 0.257. The lowest BCUT2D eigenvalue weighted by molar-refractivity contribution is -0.123. The molecule has 1 rings (SSSR count). The molecule has 0 saturated carbocycles. The van der Waals surface area contributed by atoms with Gasteiger partial charge in [-0.3, -0.25) is 4.79 Å². The van der Waals surface area contributed by atoms with Gasteiger partial charge < -0.3 is 16.2 Å². The van der Waals surface area contributed by atoms with Crippen LogP contribution in [0.2, 0.25) is 0 Å². The topological polar surface area (TPSA) is 75.3 Å². The number of rotatable bonds is 6. The van der Waals surface area contributed by atoms with E-state index in [1.807, 2.05) is 37.3 Å². The molecule has 0 heterocycles. The number of carbonyl (C=O) groups excluding carboxylic acids is 1. The van der Waals surface area contributed by atoms with Crippen LogP contribution in [-0.4, -0.2) is 23.7 Å². The lowest BCUT2D eigenvalue weighted by Gasteiger charge is -2.15. The second-order valence-electron chi connectivity index (χ2n) is 4.08. The Morgan fingerprint density at radius 3 is 2.65 bits per heavy atom. The fraction of sp³-hybridized carbons (Fsp3) is 0.462. The molecule has 0 spiro atoms. The van der Waals surface area contributed by atoms with Crippen LogP contribution in [0.15, 0.2) is 30.3 Å². The number of amides is 1. The number of hydrogen-bond acceptors (Lipinski definition) is 3. The lowest BCUT2D eigenvalue weighted by Crippen LogP contribution is -2.38. The zero-order valence-electron chi connectivity index (χ0n) is 10.1. The van der Waals surface area contributed by atoms with Crippen molar-refractivity contribution in [2.24, 2.45) is 5.73 Å². The molecule has 0 fully saturated rings. The van der Waals surface area contributed by atoms with Crippen LogP contribution in [-0.2, 0) is 4.79 Å². The predicted molar refractivity (Wildman–Crippen MR) is 67.3 cm³/mol. The van der Waals surface area contributed by atoms with Crippen molar-refractivity contribution in [3.63, 3.8) is 0 Å². The molecule has 0 aromatic heterocycles. The van der Waals surface area contributed by atoms with Gasteiger partial charge in [0, 0.05) is 6.54 Å². The quantitative estimate of drug-likeness (QED) is 0.688. The number of aliphatic hydroxyl groups is 1. The van der Waals surface area contributed by atoms with Gasteiger partial charge in [-0.25, -0.2) is 0 Å². The second-order valence-corrected chi connectivity index (χ2v) is 4.08. The van der Waals surface area contributed by atoms with Crippen molar-refractivity contribution in [3.8, 4) is 0 Å². The van der Waals surface area contributed by atoms with E-state index in [4.69, 9.17) is 5.73 Å². The maximum Gasteiger partial charge on any atom is 0.241 e. The maximum atomic E-state index is 11.7. The summed E-state index contributed by atoms with van der Waals surface area (Å²) in [6.45, 7) is 2.24. The molecule has 1 amide bonds. The van der Waals surface area contributed by atoms with Crippen LogP contribution in [0.4, 0.5) is 0 Å². The Bertz CT molecular complexity index is 341. The van der Waals surface area contributed by atoms with Gasteiger partial charge in [-0.1, -0.05) is 43.7 Å². The van der Waals surface area contributed by atoms with Crippen molar-refractivity contribution in [2.75, 3.05) is 6.54 Å². The molecule has 0 aliphatic rings. The number of aliphatic hydroxyl groups excluding tert-OH is 1. The van der Waals surface area contributed by atoms with Gasteiger partial charge >= 0.3 is 0 Å². The van der Waals surface area contributed by atoms with E-state index in [-0.39, 0.29) is 12.5 Å². The average molecular weight is 236 g/mol. The lowest BCUT2D eigenvalue weighted by atomic mass is 10.1. The highest BCUT2D eigenvalue weighted by atomic mass is 16.3. The van der Waals surface area contributed by atoms with Gasteiger partial charge in [-0.2, -0.15) is 0 Å². The molecule has 2 atom stereocenters. The summed E-state index contributed by atoms with van der Waals surface area (Å²) in [6, 6.07) is 8.51. The van der Waals surface area contributed by atoms with Gasteiger partial charge in [-0.05, 0) is 12.0 Å². The van der Waals surface area contributed by atoms with Crippen molar-refractivity contribution < 1.29 is 9.90 Å². The number of nitrogens with two attached hydrogens (primary N) is 1. The molecule has 1 aromatic carbocycles. The molecule has 0 aliphatic heterocycles. The third kappa shape index (κ3) is 4.54. The smallest absolute Gasteiger partial charge is 0.241 e. The fourth-order valence-corrected chi connectivity index (χ4v) is 1.58. The first-order valence-corrected chi connectivity index (χ1v) is 5.91. The van der Waals surface area contributed by atoms with Gasteiger partial charge in [-0.15, -0.1) is 0 Å². The number of hydrogen-bond donors (Lipinski definition) is 3. The average Bonchev–Trinajstić information content (AvgIpc) is 2.36. The van der Waals surface area contributed by atoms with Crippen molar-refractivity contribution in [2.45, 2.75) is 31.9 Å². The standard InChI is InChI=1S/C13H20N2O2/c1-2-6-11(16)9-15-13(17)12(14)10-7-4-3-5-8-10/h3-5,7-8,11-12,16H,2,6,9,14H2,1H3,(H,15,17)/t11?,12-/m1/s1. The van der Waals surface area contributed by atoms with Crippen LogP contribution < -0.4 is 11.1 Å². The Kier molecular flexibility index (Phi) is 5.66. The van der Waals surface area contributed by atoms with Crippen LogP contribution in [0.25, 0.3) is 0 Å². The number of benzene rings is 1. The second kappa shape index (κ2) is 7.04. The highest BCUT2D eigenvalue weighted by Gasteiger charge is 2.15. The zero-order chi connectivity index (χ0) is 12.7. The zero-order valence-corrected chi connectivity index (χ0v) is 10.1. The minimum atomic E-state index is -0.676. The van der Waals surface area contributed by atoms with Crippen molar-refractivity contribution in [1.82, 2.24) is 5.32 Å². The molecule has 4 heteroatoms. The van der Waals surface area contributed by atoms with E-state index in [0.29, 0.717) is 6.42 Å². The Morgan fingerprint density at radius 1 is 1.41 bits per heavy atom. The monoisotopic (exact) mass is 236 g/mol. The third-order valence-corrected chi connectivity index (χ3v) is 2.57. The first kappa shape index (κ1) is 13.7. The van der Waals surface area contributed by atoms with Crippen molar-refractivity contribution in [1.29, 1.82) is 0 Å². The molecule has 4 nitrogen and oxygen atoms in total. The van der Waals surface area contributed by atoms with Gasteiger partial charge in [0.1, 0.15) is 6.04 Å². The van der Waals surface area contributed by atoms with E-state index in [9.17, 15) is 9.90 Å². The van der Waals surface area contributed by atoms with Gasteiger partial charge in [0.2, 0.25) is 5.91 Å². The normalized spacial score (nSPS) is 14.1. The molecule has 4 N–H and O–H groups in total. The summed E-state index contributed by atoms with van der Waals surface area (Å²) in [6.07, 6.45) is 1.08. The summed E-state index contributed by atoms with van der Waals surface area (Å²) in [4.78, 5) is 11.7. The Morgan fingerprint density at radius 2 is 2.06 bits per heavy atom. The van der Waals surface area contributed by atoms with Crippen molar-refractivity contribution >= 4 is 5.91 Å². The summed E-state index contributed by atoms with van der Waals surface area (Å²) in [5.41, 5.74) is 6.58. The van der Waals surface area contributed by atoms with Crippen LogP contribution in [0.3, 0.4) is 0 Å². The Hall–Kier alpha value is -1.39. The molecular formula is C13H20N2O2. The molecule has 0 bridgehead atoms. The third-order valence-electron chi connectivity index (χ3n) is 2.57. The molecule has 17 heavy (non-hydrogen) atoms. The number of nitrogens with one attached hydrogen (secondary N) is 1. The molecule has 0 aliphatic carbocycles. The Labute approximate surface area is 102 Å². The van der Waals surface area contributed by atoms with Gasteiger partial charge in [0.25, 0.3) is 0 Å². The summed E-state index contributed by atoms with van der Waals surface area (Å²) in [5, 5.41) is 12.1. The Balaban J connectivity index is 2.43. The SMILES string of the molecule is CCCC(O)CNC(=O)[C@H](N)c1ccccc1. The van der Waals surface area contributed by atoms with E-state index in [1.54, 1.807) is 0 Å².